The second-order valence-corrected chi connectivity index (χ2v) is 12.9. The highest BCUT2D eigenvalue weighted by Gasteiger charge is 2.20. The van der Waals surface area contributed by atoms with Crippen LogP contribution in [0.3, 0.4) is 0 Å². The Morgan fingerprint density at radius 2 is 0.727 bits per heavy atom. The van der Waals surface area contributed by atoms with E-state index in [0.717, 1.165) is 27.8 Å². The van der Waals surface area contributed by atoms with Crippen molar-refractivity contribution in [1.82, 2.24) is 15.0 Å². The van der Waals surface area contributed by atoms with E-state index in [1.165, 1.54) is 40.3 Å². The first kappa shape index (κ1) is 25.3. The van der Waals surface area contributed by atoms with Gasteiger partial charge in [-0.1, -0.05) is 115 Å². The summed E-state index contributed by atoms with van der Waals surface area (Å²) in [5.41, 5.74) is 5.25. The molecule has 0 amide bonds. The SMILES string of the molecule is c1ccc(-c2ccccc2-c2nc(-c3cccc4c3sc3ccccc34)nc(-c3cccc4c3sc3ccccc34)n2)cc1. The molecule has 9 aromatic rings. The van der Waals surface area contributed by atoms with Crippen LogP contribution in [0.2, 0.25) is 0 Å². The minimum absolute atomic E-state index is 0.667. The fourth-order valence-electron chi connectivity index (χ4n) is 6.13. The van der Waals surface area contributed by atoms with Crippen LogP contribution in [-0.4, -0.2) is 15.0 Å². The fourth-order valence-corrected chi connectivity index (χ4v) is 8.55. The standard InChI is InChI=1S/C39H23N3S2/c1-2-12-24(13-3-1)25-14-4-5-17-30(25)37-40-38(31-20-10-18-28-26-15-6-8-22-33(26)43-35(28)31)42-39(41-37)32-21-11-19-29-27-16-7-9-23-34(27)44-36(29)32/h1-23H. The smallest absolute Gasteiger partial charge is 0.165 e. The Kier molecular flexibility index (Phi) is 5.86. The molecule has 0 aliphatic carbocycles. The Hall–Kier alpha value is -5.23. The molecule has 0 aliphatic heterocycles. The Balaban J connectivity index is 1.35. The minimum Gasteiger partial charge on any atom is -0.208 e. The van der Waals surface area contributed by atoms with Crippen LogP contribution in [0.4, 0.5) is 0 Å². The largest absolute Gasteiger partial charge is 0.208 e. The molecule has 6 aromatic carbocycles. The van der Waals surface area contributed by atoms with Gasteiger partial charge in [0.05, 0.1) is 0 Å². The zero-order valence-corrected chi connectivity index (χ0v) is 25.1. The summed E-state index contributed by atoms with van der Waals surface area (Å²) in [6, 6.07) is 48.9. The number of rotatable bonds is 4. The fraction of sp³-hybridized carbons (Fsp3) is 0. The summed E-state index contributed by atoms with van der Waals surface area (Å²) in [6.45, 7) is 0. The molecule has 3 nitrogen and oxygen atoms in total. The Morgan fingerprint density at radius 1 is 0.318 bits per heavy atom. The highest BCUT2D eigenvalue weighted by Crippen LogP contribution is 2.42. The molecule has 5 heteroatoms. The third-order valence-corrected chi connectivity index (χ3v) is 10.6. The highest BCUT2D eigenvalue weighted by atomic mass is 32.1. The molecule has 0 aliphatic rings. The number of benzene rings is 6. The van der Waals surface area contributed by atoms with E-state index in [-0.39, 0.29) is 0 Å². The zero-order chi connectivity index (χ0) is 29.0. The lowest BCUT2D eigenvalue weighted by Crippen LogP contribution is -2.01. The summed E-state index contributed by atoms with van der Waals surface area (Å²) in [6.07, 6.45) is 0. The summed E-state index contributed by atoms with van der Waals surface area (Å²) in [5.74, 6) is 2.03. The van der Waals surface area contributed by atoms with Crippen LogP contribution < -0.4 is 0 Å². The van der Waals surface area contributed by atoms with Crippen molar-refractivity contribution in [3.8, 4) is 45.3 Å². The van der Waals surface area contributed by atoms with Crippen molar-refractivity contribution in [2.24, 2.45) is 0 Å². The third-order valence-electron chi connectivity index (χ3n) is 8.18. The zero-order valence-electron chi connectivity index (χ0n) is 23.4. The molecule has 0 saturated carbocycles. The van der Waals surface area contributed by atoms with E-state index >= 15 is 0 Å². The average molecular weight is 598 g/mol. The van der Waals surface area contributed by atoms with Crippen molar-refractivity contribution >= 4 is 63.0 Å². The van der Waals surface area contributed by atoms with E-state index in [1.807, 2.05) is 6.07 Å². The van der Waals surface area contributed by atoms with E-state index in [9.17, 15) is 0 Å². The molecule has 0 atom stereocenters. The van der Waals surface area contributed by atoms with E-state index < -0.39 is 0 Å². The number of hydrogen-bond acceptors (Lipinski definition) is 5. The predicted molar refractivity (Wildman–Crippen MR) is 187 cm³/mol. The van der Waals surface area contributed by atoms with Crippen LogP contribution in [0.1, 0.15) is 0 Å². The summed E-state index contributed by atoms with van der Waals surface area (Å²) in [7, 11) is 0. The maximum atomic E-state index is 5.23. The predicted octanol–water partition coefficient (Wildman–Crippen LogP) is 11.3. The first-order valence-electron chi connectivity index (χ1n) is 14.5. The molecular weight excluding hydrogens is 575 g/mol. The molecule has 9 rings (SSSR count). The highest BCUT2D eigenvalue weighted by molar-refractivity contribution is 7.26. The van der Waals surface area contributed by atoms with Crippen LogP contribution in [0.15, 0.2) is 140 Å². The maximum absolute atomic E-state index is 5.23. The molecule has 0 radical (unpaired) electrons. The molecule has 0 saturated heterocycles. The molecule has 0 N–H and O–H groups in total. The number of fused-ring (bicyclic) bond motifs is 6. The van der Waals surface area contributed by atoms with Gasteiger partial charge in [-0.25, -0.2) is 15.0 Å². The lowest BCUT2D eigenvalue weighted by molar-refractivity contribution is 1.08. The van der Waals surface area contributed by atoms with Crippen molar-refractivity contribution < 1.29 is 0 Å². The molecule has 0 bridgehead atoms. The topological polar surface area (TPSA) is 38.7 Å². The van der Waals surface area contributed by atoms with E-state index in [4.69, 9.17) is 15.0 Å². The van der Waals surface area contributed by atoms with Gasteiger partial charge in [-0.3, -0.25) is 0 Å². The van der Waals surface area contributed by atoms with Crippen LogP contribution in [-0.2, 0) is 0 Å². The van der Waals surface area contributed by atoms with E-state index in [2.05, 4.69) is 133 Å². The van der Waals surface area contributed by atoms with Gasteiger partial charge < -0.3 is 0 Å². The number of hydrogen-bond donors (Lipinski definition) is 0. The molecule has 44 heavy (non-hydrogen) atoms. The third kappa shape index (κ3) is 4.05. The molecule has 3 heterocycles. The van der Waals surface area contributed by atoms with Gasteiger partial charge in [-0.05, 0) is 35.4 Å². The van der Waals surface area contributed by atoms with Crippen LogP contribution in [0, 0.1) is 0 Å². The Labute approximate surface area is 261 Å². The van der Waals surface area contributed by atoms with E-state index in [1.54, 1.807) is 22.7 Å². The number of aromatic nitrogens is 3. The van der Waals surface area contributed by atoms with Crippen molar-refractivity contribution in [2.45, 2.75) is 0 Å². The van der Waals surface area contributed by atoms with E-state index in [0.29, 0.717) is 17.5 Å². The van der Waals surface area contributed by atoms with Crippen molar-refractivity contribution in [3.63, 3.8) is 0 Å². The first-order chi connectivity index (χ1) is 21.8. The van der Waals surface area contributed by atoms with Gasteiger partial charge in [0.25, 0.3) is 0 Å². The molecule has 0 fully saturated rings. The van der Waals surface area contributed by atoms with Gasteiger partial charge in [0.15, 0.2) is 17.5 Å². The molecule has 206 valence electrons. The van der Waals surface area contributed by atoms with Gasteiger partial charge in [0.1, 0.15) is 0 Å². The van der Waals surface area contributed by atoms with Crippen LogP contribution >= 0.6 is 22.7 Å². The normalized spacial score (nSPS) is 11.6. The Morgan fingerprint density at radius 3 is 1.30 bits per heavy atom. The van der Waals surface area contributed by atoms with Gasteiger partial charge >= 0.3 is 0 Å². The van der Waals surface area contributed by atoms with Gasteiger partial charge in [-0.15, -0.1) is 22.7 Å². The second kappa shape index (κ2) is 10.2. The van der Waals surface area contributed by atoms with Gasteiger partial charge in [0, 0.05) is 57.0 Å². The summed E-state index contributed by atoms with van der Waals surface area (Å²) >= 11 is 3.59. The quantitative estimate of drug-likeness (QED) is 0.203. The second-order valence-electron chi connectivity index (χ2n) is 10.8. The monoisotopic (exact) mass is 597 g/mol. The Bertz CT molecular complexity index is 2380. The summed E-state index contributed by atoms with van der Waals surface area (Å²) in [4.78, 5) is 15.7. The lowest BCUT2D eigenvalue weighted by atomic mass is 9.99. The molecule has 0 spiro atoms. The first-order valence-corrected chi connectivity index (χ1v) is 16.2. The molecular formula is C39H23N3S2. The van der Waals surface area contributed by atoms with Crippen molar-refractivity contribution in [2.75, 3.05) is 0 Å². The minimum atomic E-state index is 0.667. The van der Waals surface area contributed by atoms with Gasteiger partial charge in [0.2, 0.25) is 0 Å². The summed E-state index contributed by atoms with van der Waals surface area (Å²) < 4.78 is 4.89. The maximum Gasteiger partial charge on any atom is 0.165 e. The molecule has 3 aromatic heterocycles. The van der Waals surface area contributed by atoms with Crippen molar-refractivity contribution in [1.29, 1.82) is 0 Å². The number of thiophene rings is 2. The summed E-state index contributed by atoms with van der Waals surface area (Å²) in [5, 5.41) is 4.97. The average Bonchev–Trinajstić information content (AvgIpc) is 3.67. The van der Waals surface area contributed by atoms with Crippen molar-refractivity contribution in [3.05, 3.63) is 140 Å². The lowest BCUT2D eigenvalue weighted by Gasteiger charge is -2.12. The van der Waals surface area contributed by atoms with Gasteiger partial charge in [-0.2, -0.15) is 0 Å². The van der Waals surface area contributed by atoms with Crippen LogP contribution in [0.25, 0.3) is 85.6 Å². The van der Waals surface area contributed by atoms with Crippen LogP contribution in [0.5, 0.6) is 0 Å². The number of nitrogens with zero attached hydrogens (tertiary/aromatic N) is 3. The molecule has 0 unspecified atom stereocenters.